The summed E-state index contributed by atoms with van der Waals surface area (Å²) in [6.07, 6.45) is 2.52. The molecule has 3 heteroatoms. The minimum Gasteiger partial charge on any atom is -0.458 e. The summed E-state index contributed by atoms with van der Waals surface area (Å²) in [5.41, 5.74) is 1.88. The molecule has 0 aliphatic rings. The quantitative estimate of drug-likeness (QED) is 0.564. The molecule has 0 aliphatic heterocycles. The van der Waals surface area contributed by atoms with Crippen LogP contribution in [0.25, 0.3) is 0 Å². The Labute approximate surface area is 86.9 Å². The summed E-state index contributed by atoms with van der Waals surface area (Å²) >= 11 is 0. The first-order valence-electron chi connectivity index (χ1n) is 4.74. The summed E-state index contributed by atoms with van der Waals surface area (Å²) < 4.78 is 4.85. The van der Waals surface area contributed by atoms with Crippen molar-refractivity contribution in [2.75, 3.05) is 6.35 Å². The second kappa shape index (κ2) is 5.77. The molecule has 1 rings (SSSR count). The number of benzene rings is 1. The number of ether oxygens (including phenoxy) is 1. The Balaban J connectivity index is 2.67. The van der Waals surface area contributed by atoms with Gasteiger partial charge >= 0.3 is 5.97 Å². The number of esters is 1. The van der Waals surface area contributed by atoms with Gasteiger partial charge in [0.25, 0.3) is 0 Å². The number of hydrogen-bond acceptors (Lipinski definition) is 2. The average molecular weight is 210 g/mol. The summed E-state index contributed by atoms with van der Waals surface area (Å²) in [7, 11) is 2.36. The third-order valence-corrected chi connectivity index (χ3v) is 2.11. The van der Waals surface area contributed by atoms with E-state index in [9.17, 15) is 4.79 Å². The van der Waals surface area contributed by atoms with Crippen molar-refractivity contribution in [2.45, 2.75) is 19.8 Å². The van der Waals surface area contributed by atoms with Crippen molar-refractivity contribution in [1.82, 2.24) is 0 Å². The van der Waals surface area contributed by atoms with Crippen LogP contribution in [-0.2, 0) is 11.2 Å². The number of rotatable bonds is 4. The van der Waals surface area contributed by atoms with Crippen molar-refractivity contribution in [1.29, 1.82) is 0 Å². The van der Waals surface area contributed by atoms with E-state index in [1.165, 1.54) is 5.56 Å². The molecule has 0 saturated carbocycles. The number of aryl methyl sites for hydroxylation is 1. The third kappa shape index (κ3) is 3.12. The number of carbonyl (C=O) groups excluding carboxylic acids is 1. The summed E-state index contributed by atoms with van der Waals surface area (Å²) in [5, 5.41) is 0. The molecule has 0 bridgehead atoms. The Morgan fingerprint density at radius 2 is 2.00 bits per heavy atom. The van der Waals surface area contributed by atoms with Crippen molar-refractivity contribution >= 4 is 15.2 Å². The van der Waals surface area contributed by atoms with Crippen LogP contribution >= 0.6 is 9.24 Å². The van der Waals surface area contributed by atoms with E-state index in [-0.39, 0.29) is 5.97 Å². The molecule has 0 aromatic heterocycles. The average Bonchev–Trinajstić information content (AvgIpc) is 2.20. The maximum Gasteiger partial charge on any atom is 0.338 e. The van der Waals surface area contributed by atoms with Gasteiger partial charge in [0.15, 0.2) is 0 Å². The van der Waals surface area contributed by atoms with Crippen LogP contribution in [0.15, 0.2) is 24.3 Å². The molecule has 0 heterocycles. The lowest BCUT2D eigenvalue weighted by atomic mass is 10.1. The van der Waals surface area contributed by atoms with Crippen LogP contribution in [0.4, 0.5) is 0 Å². The van der Waals surface area contributed by atoms with Crippen LogP contribution in [-0.4, -0.2) is 12.3 Å². The molecule has 14 heavy (non-hydrogen) atoms. The SMILES string of the molecule is CCCc1ccc(C(=O)OCP)cc1. The predicted molar refractivity (Wildman–Crippen MR) is 60.4 cm³/mol. The molecule has 0 saturated heterocycles. The Hall–Kier alpha value is -0.880. The van der Waals surface area contributed by atoms with Crippen LogP contribution < -0.4 is 0 Å². The maximum atomic E-state index is 11.3. The monoisotopic (exact) mass is 210 g/mol. The first kappa shape index (κ1) is 11.2. The van der Waals surface area contributed by atoms with E-state index in [0.29, 0.717) is 11.9 Å². The van der Waals surface area contributed by atoms with Gasteiger partial charge < -0.3 is 4.74 Å². The van der Waals surface area contributed by atoms with Crippen LogP contribution in [0.1, 0.15) is 29.3 Å². The molecule has 0 radical (unpaired) electrons. The fourth-order valence-corrected chi connectivity index (χ4v) is 1.41. The highest BCUT2D eigenvalue weighted by molar-refractivity contribution is 7.16. The summed E-state index contributed by atoms with van der Waals surface area (Å²) in [6.45, 7) is 2.14. The van der Waals surface area contributed by atoms with Crippen LogP contribution in [0.3, 0.4) is 0 Å². The highest BCUT2D eigenvalue weighted by Gasteiger charge is 2.04. The van der Waals surface area contributed by atoms with Crippen molar-refractivity contribution in [2.24, 2.45) is 0 Å². The number of hydrogen-bond donors (Lipinski definition) is 0. The van der Waals surface area contributed by atoms with E-state index in [4.69, 9.17) is 4.74 Å². The molecule has 0 N–H and O–H groups in total. The minimum absolute atomic E-state index is 0.261. The fourth-order valence-electron chi connectivity index (χ4n) is 1.26. The zero-order valence-electron chi connectivity index (χ0n) is 8.32. The van der Waals surface area contributed by atoms with Crippen molar-refractivity contribution in [3.05, 3.63) is 35.4 Å². The van der Waals surface area contributed by atoms with E-state index >= 15 is 0 Å². The van der Waals surface area contributed by atoms with Gasteiger partial charge in [0.2, 0.25) is 0 Å². The summed E-state index contributed by atoms with van der Waals surface area (Å²) in [5.74, 6) is -0.261. The molecule has 2 nitrogen and oxygen atoms in total. The molecular weight excluding hydrogens is 195 g/mol. The molecular formula is C11H15O2P. The Bertz CT molecular complexity index is 293. The fraction of sp³-hybridized carbons (Fsp3) is 0.364. The second-order valence-corrected chi connectivity index (χ2v) is 3.38. The second-order valence-electron chi connectivity index (χ2n) is 3.05. The van der Waals surface area contributed by atoms with Gasteiger partial charge in [-0.2, -0.15) is 0 Å². The highest BCUT2D eigenvalue weighted by Crippen LogP contribution is 2.08. The Kier molecular flexibility index (Phi) is 4.61. The van der Waals surface area contributed by atoms with Crippen molar-refractivity contribution in [3.63, 3.8) is 0 Å². The van der Waals surface area contributed by atoms with Crippen LogP contribution in [0.5, 0.6) is 0 Å². The Morgan fingerprint density at radius 3 is 2.50 bits per heavy atom. The van der Waals surface area contributed by atoms with E-state index in [1.807, 2.05) is 24.3 Å². The van der Waals surface area contributed by atoms with Gasteiger partial charge in [-0.3, -0.25) is 0 Å². The lowest BCUT2D eigenvalue weighted by molar-refractivity contribution is 0.0578. The minimum atomic E-state index is -0.261. The highest BCUT2D eigenvalue weighted by atomic mass is 31.0. The normalized spacial score (nSPS) is 9.86. The van der Waals surface area contributed by atoms with Gasteiger partial charge in [-0.25, -0.2) is 4.79 Å². The topological polar surface area (TPSA) is 26.3 Å². The van der Waals surface area contributed by atoms with Gasteiger partial charge in [-0.05, 0) is 24.1 Å². The van der Waals surface area contributed by atoms with E-state index in [2.05, 4.69) is 16.2 Å². The van der Waals surface area contributed by atoms with Gasteiger partial charge in [-0.15, -0.1) is 0 Å². The zero-order chi connectivity index (χ0) is 10.4. The molecule has 1 atom stereocenters. The predicted octanol–water partition coefficient (Wildman–Crippen LogP) is 2.63. The number of carbonyl (C=O) groups is 1. The standard InChI is InChI=1S/C11H15O2P/c1-2-3-9-4-6-10(7-5-9)11(12)13-8-14/h4-7H,2-3,8,14H2,1H3. The van der Waals surface area contributed by atoms with E-state index < -0.39 is 0 Å². The van der Waals surface area contributed by atoms with Gasteiger partial charge in [0, 0.05) is 0 Å². The maximum absolute atomic E-state index is 11.3. The first-order chi connectivity index (χ1) is 6.77. The third-order valence-electron chi connectivity index (χ3n) is 1.94. The van der Waals surface area contributed by atoms with E-state index in [1.54, 1.807) is 0 Å². The molecule has 1 aromatic rings. The zero-order valence-corrected chi connectivity index (χ0v) is 9.48. The smallest absolute Gasteiger partial charge is 0.338 e. The van der Waals surface area contributed by atoms with Crippen molar-refractivity contribution in [3.8, 4) is 0 Å². The lowest BCUT2D eigenvalue weighted by Gasteiger charge is -2.02. The molecule has 0 amide bonds. The molecule has 0 aliphatic carbocycles. The van der Waals surface area contributed by atoms with Crippen LogP contribution in [0.2, 0.25) is 0 Å². The molecule has 1 unspecified atom stereocenters. The Morgan fingerprint density at radius 1 is 1.36 bits per heavy atom. The largest absolute Gasteiger partial charge is 0.458 e. The van der Waals surface area contributed by atoms with Crippen molar-refractivity contribution < 1.29 is 9.53 Å². The summed E-state index contributed by atoms with van der Waals surface area (Å²) in [6, 6.07) is 7.58. The van der Waals surface area contributed by atoms with Gasteiger partial charge in [0.1, 0.15) is 6.35 Å². The van der Waals surface area contributed by atoms with Gasteiger partial charge in [0.05, 0.1) is 5.56 Å². The lowest BCUT2D eigenvalue weighted by Crippen LogP contribution is -2.03. The molecule has 0 spiro atoms. The summed E-state index contributed by atoms with van der Waals surface area (Å²) in [4.78, 5) is 11.3. The van der Waals surface area contributed by atoms with E-state index in [0.717, 1.165) is 12.8 Å². The first-order valence-corrected chi connectivity index (χ1v) is 5.55. The molecule has 1 aromatic carbocycles. The van der Waals surface area contributed by atoms with Crippen LogP contribution in [0, 0.1) is 0 Å². The van der Waals surface area contributed by atoms with Gasteiger partial charge in [-0.1, -0.05) is 34.7 Å². The molecule has 0 fully saturated rings. The molecule has 76 valence electrons.